The second-order valence-electron chi connectivity index (χ2n) is 6.28. The first-order valence-electron chi connectivity index (χ1n) is 8.15. The van der Waals surface area contributed by atoms with Crippen LogP contribution < -0.4 is 4.90 Å². The van der Waals surface area contributed by atoms with Crippen LogP contribution >= 0.6 is 0 Å². The van der Waals surface area contributed by atoms with Crippen molar-refractivity contribution in [3.8, 4) is 5.69 Å². The highest BCUT2D eigenvalue weighted by Gasteiger charge is 2.21. The van der Waals surface area contributed by atoms with E-state index in [1.54, 1.807) is 10.9 Å². The largest absolute Gasteiger partial charge is 0.340 e. The molecule has 0 N–H and O–H groups in total. The molecule has 1 aromatic heterocycles. The third kappa shape index (κ3) is 3.13. The van der Waals surface area contributed by atoms with E-state index in [-0.39, 0.29) is 0 Å². The van der Waals surface area contributed by atoms with E-state index in [2.05, 4.69) is 16.1 Å². The summed E-state index contributed by atoms with van der Waals surface area (Å²) in [6, 6.07) is 11.6. The van der Waals surface area contributed by atoms with E-state index in [0.717, 1.165) is 36.1 Å². The Morgan fingerprint density at radius 3 is 2.48 bits per heavy atom. The molecule has 2 heterocycles. The van der Waals surface area contributed by atoms with E-state index >= 15 is 0 Å². The molecule has 4 rings (SSSR count). The Hall–Kier alpha value is -2.73. The van der Waals surface area contributed by atoms with Gasteiger partial charge in [0.15, 0.2) is 0 Å². The van der Waals surface area contributed by atoms with Crippen molar-refractivity contribution in [1.29, 1.82) is 0 Å². The van der Waals surface area contributed by atoms with Crippen molar-refractivity contribution in [2.75, 3.05) is 25.0 Å². The molecule has 6 heteroatoms. The van der Waals surface area contributed by atoms with Crippen LogP contribution in [0, 0.1) is 11.6 Å². The number of anilines is 2. The normalized spacial score (nSPS) is 15.1. The molecule has 0 aliphatic carbocycles. The highest BCUT2D eigenvalue weighted by atomic mass is 19.1. The maximum Gasteiger partial charge on any atom is 0.128 e. The van der Waals surface area contributed by atoms with Crippen LogP contribution in [0.5, 0.6) is 0 Å². The van der Waals surface area contributed by atoms with Gasteiger partial charge in [-0.2, -0.15) is 5.10 Å². The van der Waals surface area contributed by atoms with Crippen LogP contribution in [0.1, 0.15) is 5.56 Å². The zero-order chi connectivity index (χ0) is 17.4. The SMILES string of the molecule is CN1CCN(c2cc(F)cc(F)c2)c2ccc(-n3cccn3)cc2C1. The van der Waals surface area contributed by atoms with Gasteiger partial charge in [0.25, 0.3) is 0 Å². The molecule has 128 valence electrons. The number of hydrogen-bond donors (Lipinski definition) is 0. The summed E-state index contributed by atoms with van der Waals surface area (Å²) < 4.78 is 29.2. The lowest BCUT2D eigenvalue weighted by Crippen LogP contribution is -2.26. The molecule has 0 fully saturated rings. The van der Waals surface area contributed by atoms with Crippen molar-refractivity contribution in [1.82, 2.24) is 14.7 Å². The van der Waals surface area contributed by atoms with E-state index in [4.69, 9.17) is 0 Å². The minimum atomic E-state index is -0.567. The maximum atomic E-state index is 13.7. The summed E-state index contributed by atoms with van der Waals surface area (Å²) in [7, 11) is 2.04. The molecule has 0 radical (unpaired) electrons. The molecule has 25 heavy (non-hydrogen) atoms. The lowest BCUT2D eigenvalue weighted by atomic mass is 10.1. The molecule has 0 atom stereocenters. The van der Waals surface area contributed by atoms with Crippen LogP contribution in [0.15, 0.2) is 54.9 Å². The van der Waals surface area contributed by atoms with Crippen LogP contribution in [-0.2, 0) is 6.54 Å². The molecule has 1 aliphatic rings. The Morgan fingerprint density at radius 1 is 0.960 bits per heavy atom. The third-order valence-electron chi connectivity index (χ3n) is 4.43. The maximum absolute atomic E-state index is 13.7. The van der Waals surface area contributed by atoms with Crippen LogP contribution in [-0.4, -0.2) is 34.8 Å². The van der Waals surface area contributed by atoms with Gasteiger partial charge in [-0.1, -0.05) is 0 Å². The highest BCUT2D eigenvalue weighted by Crippen LogP contribution is 2.33. The van der Waals surface area contributed by atoms with Gasteiger partial charge in [0, 0.05) is 49.5 Å². The molecule has 0 amide bonds. The van der Waals surface area contributed by atoms with Crippen molar-refractivity contribution >= 4 is 11.4 Å². The number of rotatable bonds is 2. The summed E-state index contributed by atoms with van der Waals surface area (Å²) >= 11 is 0. The fourth-order valence-electron chi connectivity index (χ4n) is 3.25. The Bertz CT molecular complexity index is 872. The van der Waals surface area contributed by atoms with E-state index in [1.807, 2.05) is 36.3 Å². The second-order valence-corrected chi connectivity index (χ2v) is 6.28. The number of halogens is 2. The number of likely N-dealkylation sites (N-methyl/N-ethyl adjacent to an activating group) is 1. The fraction of sp³-hybridized carbons (Fsp3) is 0.211. The zero-order valence-corrected chi connectivity index (χ0v) is 13.9. The van der Waals surface area contributed by atoms with Crippen molar-refractivity contribution < 1.29 is 8.78 Å². The molecular weight excluding hydrogens is 322 g/mol. The Labute approximate surface area is 144 Å². The fourth-order valence-corrected chi connectivity index (χ4v) is 3.25. The first kappa shape index (κ1) is 15.8. The lowest BCUT2D eigenvalue weighted by molar-refractivity contribution is 0.343. The van der Waals surface area contributed by atoms with Gasteiger partial charge in [-0.25, -0.2) is 13.5 Å². The molecule has 4 nitrogen and oxygen atoms in total. The minimum absolute atomic E-state index is 0.529. The predicted octanol–water partition coefficient (Wildman–Crippen LogP) is 3.73. The summed E-state index contributed by atoms with van der Waals surface area (Å²) in [6.07, 6.45) is 3.63. The zero-order valence-electron chi connectivity index (χ0n) is 13.9. The lowest BCUT2D eigenvalue weighted by Gasteiger charge is -2.25. The Morgan fingerprint density at radius 2 is 1.76 bits per heavy atom. The van der Waals surface area contributed by atoms with E-state index in [1.165, 1.54) is 12.1 Å². The topological polar surface area (TPSA) is 24.3 Å². The van der Waals surface area contributed by atoms with E-state index in [0.29, 0.717) is 12.2 Å². The van der Waals surface area contributed by atoms with Crippen molar-refractivity contribution in [2.24, 2.45) is 0 Å². The van der Waals surface area contributed by atoms with Gasteiger partial charge >= 0.3 is 0 Å². The first-order chi connectivity index (χ1) is 12.1. The Kier molecular flexibility index (Phi) is 3.97. The minimum Gasteiger partial charge on any atom is -0.340 e. The summed E-state index contributed by atoms with van der Waals surface area (Å²) in [5, 5.41) is 4.27. The molecule has 0 bridgehead atoms. The van der Waals surface area contributed by atoms with Gasteiger partial charge in [0.05, 0.1) is 5.69 Å². The summed E-state index contributed by atoms with van der Waals surface area (Å²) in [5.74, 6) is -1.13. The first-order valence-corrected chi connectivity index (χ1v) is 8.15. The van der Waals surface area contributed by atoms with Gasteiger partial charge in [-0.3, -0.25) is 0 Å². The average Bonchev–Trinajstić information content (AvgIpc) is 3.04. The molecule has 1 aliphatic heterocycles. The van der Waals surface area contributed by atoms with Crippen molar-refractivity contribution in [3.05, 3.63) is 72.1 Å². The number of nitrogens with zero attached hydrogens (tertiary/aromatic N) is 4. The number of fused-ring (bicyclic) bond motifs is 1. The molecule has 0 saturated carbocycles. The third-order valence-corrected chi connectivity index (χ3v) is 4.43. The van der Waals surface area contributed by atoms with Crippen molar-refractivity contribution in [2.45, 2.75) is 6.54 Å². The van der Waals surface area contributed by atoms with Crippen molar-refractivity contribution in [3.63, 3.8) is 0 Å². The number of aromatic nitrogens is 2. The average molecular weight is 340 g/mol. The monoisotopic (exact) mass is 340 g/mol. The number of hydrogen-bond acceptors (Lipinski definition) is 3. The summed E-state index contributed by atoms with van der Waals surface area (Å²) in [5.41, 5.74) is 3.55. The second kappa shape index (κ2) is 6.29. The van der Waals surface area contributed by atoms with Gasteiger partial charge in [0.2, 0.25) is 0 Å². The molecule has 2 aromatic carbocycles. The molecular formula is C19H18F2N4. The molecule has 0 spiro atoms. The van der Waals surface area contributed by atoms with E-state index in [9.17, 15) is 8.78 Å². The Balaban J connectivity index is 1.81. The molecule has 0 saturated heterocycles. The van der Waals surface area contributed by atoms with Gasteiger partial charge < -0.3 is 9.80 Å². The van der Waals surface area contributed by atoms with E-state index < -0.39 is 11.6 Å². The molecule has 3 aromatic rings. The van der Waals surface area contributed by atoms with Crippen LogP contribution in [0.2, 0.25) is 0 Å². The standard InChI is InChI=1S/C19H18F2N4/c1-23-7-8-24(18-11-15(20)10-16(21)12-18)19-4-3-17(9-14(19)13-23)25-6-2-5-22-25/h2-6,9-12H,7-8,13H2,1H3. The van der Waals surface area contributed by atoms with Crippen LogP contribution in [0.3, 0.4) is 0 Å². The highest BCUT2D eigenvalue weighted by molar-refractivity contribution is 5.68. The summed E-state index contributed by atoms with van der Waals surface area (Å²) in [6.45, 7) is 2.22. The predicted molar refractivity (Wildman–Crippen MR) is 93.3 cm³/mol. The van der Waals surface area contributed by atoms with Gasteiger partial charge in [-0.05, 0) is 49.0 Å². The smallest absolute Gasteiger partial charge is 0.128 e. The van der Waals surface area contributed by atoms with Crippen LogP contribution in [0.25, 0.3) is 5.69 Å². The summed E-state index contributed by atoms with van der Waals surface area (Å²) in [4.78, 5) is 4.17. The quantitative estimate of drug-likeness (QED) is 0.710. The number of benzene rings is 2. The van der Waals surface area contributed by atoms with Gasteiger partial charge in [0.1, 0.15) is 11.6 Å². The van der Waals surface area contributed by atoms with Crippen LogP contribution in [0.4, 0.5) is 20.2 Å². The molecule has 0 unspecified atom stereocenters. The van der Waals surface area contributed by atoms with Gasteiger partial charge in [-0.15, -0.1) is 0 Å².